The maximum Gasteiger partial charge on any atom is 0.409 e. The summed E-state index contributed by atoms with van der Waals surface area (Å²) >= 11 is 0. The standard InChI is InChI=1S/C18H30F3N3O3/c1-4-27-16(26)24-9-5-13(6-10-24)22-15(25)11-23-8-7-14(18(19,20)21)17(2,3)12-23/h13-14H,4-12H2,1-3H3,(H,22,25)/t14-/m0/s1. The van der Waals surface area contributed by atoms with Crippen molar-refractivity contribution in [3.8, 4) is 0 Å². The fourth-order valence-electron chi connectivity index (χ4n) is 4.11. The van der Waals surface area contributed by atoms with Crippen molar-refractivity contribution >= 4 is 12.0 Å². The Kier molecular flexibility index (Phi) is 6.99. The molecule has 0 unspecified atom stereocenters. The van der Waals surface area contributed by atoms with Crippen LogP contribution < -0.4 is 5.32 Å². The third kappa shape index (κ3) is 5.99. The Morgan fingerprint density at radius 1 is 1.15 bits per heavy atom. The number of rotatable bonds is 4. The molecule has 0 aromatic carbocycles. The van der Waals surface area contributed by atoms with Gasteiger partial charge in [0, 0.05) is 25.7 Å². The zero-order chi connectivity index (χ0) is 20.2. The Morgan fingerprint density at radius 3 is 2.30 bits per heavy atom. The summed E-state index contributed by atoms with van der Waals surface area (Å²) in [6.45, 7) is 6.96. The number of carbonyl (C=O) groups is 2. The summed E-state index contributed by atoms with van der Waals surface area (Å²) in [7, 11) is 0. The fraction of sp³-hybridized carbons (Fsp3) is 0.889. The van der Waals surface area contributed by atoms with Crippen molar-refractivity contribution in [3.05, 3.63) is 0 Å². The molecule has 2 amide bonds. The molecule has 2 heterocycles. The van der Waals surface area contributed by atoms with Crippen LogP contribution in [-0.2, 0) is 9.53 Å². The molecule has 6 nitrogen and oxygen atoms in total. The summed E-state index contributed by atoms with van der Waals surface area (Å²) in [5.74, 6) is -1.51. The molecule has 9 heteroatoms. The first-order chi connectivity index (χ1) is 12.5. The predicted octanol–water partition coefficient (Wildman–Crippen LogP) is 2.63. The molecule has 0 spiro atoms. The Hall–Kier alpha value is -1.51. The highest BCUT2D eigenvalue weighted by atomic mass is 19.4. The average Bonchev–Trinajstić information content (AvgIpc) is 2.53. The van der Waals surface area contributed by atoms with E-state index in [0.717, 1.165) is 0 Å². The summed E-state index contributed by atoms with van der Waals surface area (Å²) in [5.41, 5.74) is -0.915. The molecule has 0 aliphatic carbocycles. The van der Waals surface area contributed by atoms with E-state index in [1.807, 2.05) is 0 Å². The van der Waals surface area contributed by atoms with E-state index in [0.29, 0.717) is 32.5 Å². The summed E-state index contributed by atoms with van der Waals surface area (Å²) in [6.07, 6.45) is -3.23. The first-order valence-corrected chi connectivity index (χ1v) is 9.53. The highest BCUT2D eigenvalue weighted by Gasteiger charge is 2.51. The Balaban J connectivity index is 1.76. The minimum atomic E-state index is -4.20. The Labute approximate surface area is 158 Å². The van der Waals surface area contributed by atoms with Gasteiger partial charge in [0.1, 0.15) is 0 Å². The summed E-state index contributed by atoms with van der Waals surface area (Å²) in [4.78, 5) is 27.4. The largest absolute Gasteiger partial charge is 0.450 e. The third-order valence-electron chi connectivity index (χ3n) is 5.46. The van der Waals surface area contributed by atoms with Crippen molar-refractivity contribution in [2.75, 3.05) is 39.3 Å². The van der Waals surface area contributed by atoms with Crippen molar-refractivity contribution < 1.29 is 27.5 Å². The van der Waals surface area contributed by atoms with E-state index in [1.54, 1.807) is 30.6 Å². The summed E-state index contributed by atoms with van der Waals surface area (Å²) in [6, 6.07) is -0.0242. The van der Waals surface area contributed by atoms with Crippen LogP contribution in [0.2, 0.25) is 0 Å². The van der Waals surface area contributed by atoms with Crippen LogP contribution in [0.4, 0.5) is 18.0 Å². The van der Waals surface area contributed by atoms with Crippen LogP contribution >= 0.6 is 0 Å². The van der Waals surface area contributed by atoms with E-state index in [2.05, 4.69) is 5.32 Å². The number of ether oxygens (including phenoxy) is 1. The van der Waals surface area contributed by atoms with Gasteiger partial charge >= 0.3 is 12.3 Å². The van der Waals surface area contributed by atoms with E-state index in [4.69, 9.17) is 4.74 Å². The number of halogens is 3. The van der Waals surface area contributed by atoms with Gasteiger partial charge in [-0.1, -0.05) is 13.8 Å². The van der Waals surface area contributed by atoms with Crippen LogP contribution in [0.5, 0.6) is 0 Å². The number of hydrogen-bond acceptors (Lipinski definition) is 4. The summed E-state index contributed by atoms with van der Waals surface area (Å²) in [5, 5.41) is 2.94. The lowest BCUT2D eigenvalue weighted by Gasteiger charge is -2.44. The number of likely N-dealkylation sites (tertiary alicyclic amines) is 2. The molecular weight excluding hydrogens is 363 g/mol. The van der Waals surface area contributed by atoms with Crippen LogP contribution in [0.15, 0.2) is 0 Å². The molecular formula is C18H30F3N3O3. The van der Waals surface area contributed by atoms with Crippen molar-refractivity contribution in [2.24, 2.45) is 11.3 Å². The fourth-order valence-corrected chi connectivity index (χ4v) is 4.11. The van der Waals surface area contributed by atoms with Gasteiger partial charge in [-0.05, 0) is 38.1 Å². The first kappa shape index (κ1) is 21.8. The number of nitrogens with zero attached hydrogens (tertiary/aromatic N) is 2. The van der Waals surface area contributed by atoms with Gasteiger partial charge in [-0.25, -0.2) is 4.79 Å². The van der Waals surface area contributed by atoms with Gasteiger partial charge in [0.05, 0.1) is 19.1 Å². The van der Waals surface area contributed by atoms with Gasteiger partial charge in [0.15, 0.2) is 0 Å². The Morgan fingerprint density at radius 2 is 1.78 bits per heavy atom. The highest BCUT2D eigenvalue weighted by molar-refractivity contribution is 5.78. The van der Waals surface area contributed by atoms with Crippen LogP contribution in [0, 0.1) is 11.3 Å². The second-order valence-corrected chi connectivity index (χ2v) is 8.11. The molecule has 1 atom stereocenters. The number of carbonyl (C=O) groups excluding carboxylic acids is 2. The molecule has 2 aliphatic rings. The highest BCUT2D eigenvalue weighted by Crippen LogP contribution is 2.44. The lowest BCUT2D eigenvalue weighted by atomic mass is 9.73. The smallest absolute Gasteiger partial charge is 0.409 e. The maximum atomic E-state index is 13.1. The van der Waals surface area contributed by atoms with Crippen molar-refractivity contribution in [1.29, 1.82) is 0 Å². The zero-order valence-electron chi connectivity index (χ0n) is 16.3. The van der Waals surface area contributed by atoms with E-state index in [9.17, 15) is 22.8 Å². The van der Waals surface area contributed by atoms with Gasteiger partial charge in [-0.3, -0.25) is 9.69 Å². The van der Waals surface area contributed by atoms with Crippen molar-refractivity contribution in [3.63, 3.8) is 0 Å². The molecule has 0 bridgehead atoms. The van der Waals surface area contributed by atoms with Crippen LogP contribution in [0.25, 0.3) is 0 Å². The number of amides is 2. The van der Waals surface area contributed by atoms with Crippen LogP contribution in [-0.4, -0.2) is 73.3 Å². The number of piperidine rings is 2. The molecule has 2 fully saturated rings. The molecule has 27 heavy (non-hydrogen) atoms. The van der Waals surface area contributed by atoms with Gasteiger partial charge < -0.3 is 15.0 Å². The molecule has 1 N–H and O–H groups in total. The normalized spacial score (nSPS) is 24.5. The van der Waals surface area contributed by atoms with Gasteiger partial charge in [-0.2, -0.15) is 13.2 Å². The van der Waals surface area contributed by atoms with Crippen LogP contribution in [0.3, 0.4) is 0 Å². The van der Waals surface area contributed by atoms with Gasteiger partial charge in [0.2, 0.25) is 5.91 Å². The topological polar surface area (TPSA) is 61.9 Å². The Bertz CT molecular complexity index is 532. The van der Waals surface area contributed by atoms with Crippen molar-refractivity contribution in [1.82, 2.24) is 15.1 Å². The van der Waals surface area contributed by atoms with Gasteiger partial charge in [-0.15, -0.1) is 0 Å². The quantitative estimate of drug-likeness (QED) is 0.798. The van der Waals surface area contributed by atoms with Gasteiger partial charge in [0.25, 0.3) is 0 Å². The SMILES string of the molecule is CCOC(=O)N1CCC(NC(=O)CN2CC[C@H](C(F)(F)F)C(C)(C)C2)CC1. The molecule has 2 aliphatic heterocycles. The second kappa shape index (κ2) is 8.67. The molecule has 2 saturated heterocycles. The van der Waals surface area contributed by atoms with Crippen molar-refractivity contribution in [2.45, 2.75) is 52.3 Å². The van der Waals surface area contributed by atoms with E-state index >= 15 is 0 Å². The monoisotopic (exact) mass is 393 g/mol. The minimum absolute atomic E-state index is 0.0156. The zero-order valence-corrected chi connectivity index (χ0v) is 16.3. The number of alkyl halides is 3. The molecule has 2 rings (SSSR count). The second-order valence-electron chi connectivity index (χ2n) is 8.11. The van der Waals surface area contributed by atoms with E-state index in [1.165, 1.54) is 0 Å². The lowest BCUT2D eigenvalue weighted by molar-refractivity contribution is -0.216. The van der Waals surface area contributed by atoms with E-state index < -0.39 is 17.5 Å². The molecule has 0 saturated carbocycles. The predicted molar refractivity (Wildman–Crippen MR) is 94.1 cm³/mol. The molecule has 0 aromatic rings. The average molecular weight is 393 g/mol. The number of hydrogen-bond donors (Lipinski definition) is 1. The van der Waals surface area contributed by atoms with E-state index in [-0.39, 0.29) is 44.1 Å². The molecule has 156 valence electrons. The first-order valence-electron chi connectivity index (χ1n) is 9.53. The maximum absolute atomic E-state index is 13.1. The number of nitrogens with one attached hydrogen (secondary N) is 1. The lowest BCUT2D eigenvalue weighted by Crippen LogP contribution is -2.54. The van der Waals surface area contributed by atoms with Crippen LogP contribution in [0.1, 0.15) is 40.0 Å². The molecule has 0 aromatic heterocycles. The summed E-state index contributed by atoms with van der Waals surface area (Å²) < 4.78 is 44.4. The minimum Gasteiger partial charge on any atom is -0.450 e. The molecule has 0 radical (unpaired) electrons. The third-order valence-corrected chi connectivity index (χ3v) is 5.46.